The van der Waals surface area contributed by atoms with Crippen LogP contribution in [0.4, 0.5) is 0 Å². The predicted molar refractivity (Wildman–Crippen MR) is 96.7 cm³/mol. The number of nitrogens with zero attached hydrogens (tertiary/aromatic N) is 3. The van der Waals surface area contributed by atoms with E-state index in [2.05, 4.69) is 22.8 Å². The molecule has 2 aliphatic rings. The fraction of sp³-hybridized carbons (Fsp3) is 0.632. The molecule has 6 heteroatoms. The van der Waals surface area contributed by atoms with Crippen LogP contribution < -0.4 is 0 Å². The second-order valence-electron chi connectivity index (χ2n) is 7.11. The largest absolute Gasteiger partial charge is 0.508 e. The Kier molecular flexibility index (Phi) is 5.93. The fourth-order valence-corrected chi connectivity index (χ4v) is 3.44. The number of phenols is 1. The van der Waals surface area contributed by atoms with E-state index in [0.29, 0.717) is 38.6 Å². The molecule has 6 nitrogen and oxygen atoms in total. The summed E-state index contributed by atoms with van der Waals surface area (Å²) in [6.07, 6.45) is 0. The molecular weight excluding hydrogens is 318 g/mol. The van der Waals surface area contributed by atoms with Crippen molar-refractivity contribution in [1.82, 2.24) is 14.7 Å². The molecule has 0 saturated carbocycles. The normalized spacial score (nSPS) is 20.0. The fourth-order valence-electron chi connectivity index (χ4n) is 3.44. The first kappa shape index (κ1) is 18.2. The van der Waals surface area contributed by atoms with Crippen LogP contribution in [0.25, 0.3) is 0 Å². The highest BCUT2D eigenvalue weighted by molar-refractivity contribution is 5.78. The molecule has 25 heavy (non-hydrogen) atoms. The van der Waals surface area contributed by atoms with Crippen molar-refractivity contribution in [3.8, 4) is 5.75 Å². The second-order valence-corrected chi connectivity index (χ2v) is 7.11. The number of piperazine rings is 1. The van der Waals surface area contributed by atoms with Gasteiger partial charge in [0.2, 0.25) is 5.91 Å². The minimum Gasteiger partial charge on any atom is -0.508 e. The van der Waals surface area contributed by atoms with E-state index < -0.39 is 0 Å². The number of amides is 1. The van der Waals surface area contributed by atoms with E-state index >= 15 is 0 Å². The minimum atomic E-state index is 0.212. The van der Waals surface area contributed by atoms with Crippen LogP contribution in [0.2, 0.25) is 0 Å². The van der Waals surface area contributed by atoms with Crippen molar-refractivity contribution in [1.29, 1.82) is 0 Å². The minimum absolute atomic E-state index is 0.212. The highest BCUT2D eigenvalue weighted by Crippen LogP contribution is 2.23. The van der Waals surface area contributed by atoms with Crippen LogP contribution in [0.3, 0.4) is 0 Å². The Labute approximate surface area is 150 Å². The molecular formula is C19H29N3O3. The van der Waals surface area contributed by atoms with Crippen LogP contribution >= 0.6 is 0 Å². The maximum atomic E-state index is 12.3. The first-order valence-electron chi connectivity index (χ1n) is 9.12. The Morgan fingerprint density at radius 2 is 1.60 bits per heavy atom. The summed E-state index contributed by atoms with van der Waals surface area (Å²) in [6, 6.07) is 3.93. The van der Waals surface area contributed by atoms with E-state index in [4.69, 9.17) is 4.74 Å². The third-order valence-electron chi connectivity index (χ3n) is 5.28. The number of hydrogen-bond acceptors (Lipinski definition) is 5. The van der Waals surface area contributed by atoms with Crippen LogP contribution in [-0.4, -0.2) is 84.7 Å². The summed E-state index contributed by atoms with van der Waals surface area (Å²) in [6.45, 7) is 11.7. The summed E-state index contributed by atoms with van der Waals surface area (Å²) in [4.78, 5) is 18.8. The Morgan fingerprint density at radius 1 is 1.00 bits per heavy atom. The maximum Gasteiger partial charge on any atom is 0.236 e. The molecule has 1 aromatic carbocycles. The number of phenolic OH excluding ortho intramolecular Hbond substituents is 1. The number of aryl methyl sites for hydroxylation is 2. The van der Waals surface area contributed by atoms with Gasteiger partial charge in [-0.3, -0.25) is 14.6 Å². The first-order valence-corrected chi connectivity index (χ1v) is 9.12. The van der Waals surface area contributed by atoms with Crippen molar-refractivity contribution >= 4 is 5.91 Å². The van der Waals surface area contributed by atoms with Crippen LogP contribution in [-0.2, 0) is 16.1 Å². The molecule has 2 aliphatic heterocycles. The van der Waals surface area contributed by atoms with Crippen molar-refractivity contribution in [2.75, 3.05) is 59.0 Å². The van der Waals surface area contributed by atoms with Crippen molar-refractivity contribution in [3.05, 3.63) is 28.8 Å². The molecule has 0 atom stereocenters. The number of rotatable bonds is 4. The molecule has 1 aromatic rings. The molecule has 0 unspecified atom stereocenters. The SMILES string of the molecule is Cc1cc(O)c(CN2CCN(CC(=O)N3CCOCC3)CC2)cc1C. The number of carbonyl (C=O) groups is 1. The smallest absolute Gasteiger partial charge is 0.236 e. The van der Waals surface area contributed by atoms with Crippen molar-refractivity contribution in [2.45, 2.75) is 20.4 Å². The molecule has 2 saturated heterocycles. The molecule has 138 valence electrons. The quantitative estimate of drug-likeness (QED) is 0.880. The van der Waals surface area contributed by atoms with Crippen molar-refractivity contribution in [3.63, 3.8) is 0 Å². The molecule has 3 rings (SSSR count). The summed E-state index contributed by atoms with van der Waals surface area (Å²) in [5, 5.41) is 10.2. The predicted octanol–water partition coefficient (Wildman–Crippen LogP) is 0.985. The standard InChI is InChI=1S/C19H29N3O3/c1-15-11-17(18(23)12-16(15)2)13-20-3-5-21(6-4-20)14-19(24)22-7-9-25-10-8-22/h11-12,23H,3-10,13-14H2,1-2H3. The number of ether oxygens (including phenoxy) is 1. The summed E-state index contributed by atoms with van der Waals surface area (Å²) in [5.41, 5.74) is 3.32. The number of benzene rings is 1. The van der Waals surface area contributed by atoms with Gasteiger partial charge < -0.3 is 14.7 Å². The molecule has 0 radical (unpaired) electrons. The van der Waals surface area contributed by atoms with Gasteiger partial charge >= 0.3 is 0 Å². The summed E-state index contributed by atoms with van der Waals surface area (Å²) < 4.78 is 5.30. The molecule has 2 heterocycles. The van der Waals surface area contributed by atoms with Crippen LogP contribution in [0.1, 0.15) is 16.7 Å². The highest BCUT2D eigenvalue weighted by atomic mass is 16.5. The van der Waals surface area contributed by atoms with Gasteiger partial charge in [0, 0.05) is 51.4 Å². The molecule has 2 fully saturated rings. The first-order chi connectivity index (χ1) is 12.0. The van der Waals surface area contributed by atoms with Gasteiger partial charge in [-0.1, -0.05) is 6.07 Å². The molecule has 1 amide bonds. The Bertz CT molecular complexity index is 606. The molecule has 0 bridgehead atoms. The lowest BCUT2D eigenvalue weighted by atomic mass is 10.0. The summed E-state index contributed by atoms with van der Waals surface area (Å²) >= 11 is 0. The van der Waals surface area contributed by atoms with E-state index in [1.54, 1.807) is 0 Å². The highest BCUT2D eigenvalue weighted by Gasteiger charge is 2.23. The van der Waals surface area contributed by atoms with Gasteiger partial charge in [-0.15, -0.1) is 0 Å². The lowest BCUT2D eigenvalue weighted by molar-refractivity contribution is -0.136. The van der Waals surface area contributed by atoms with Gasteiger partial charge in [-0.25, -0.2) is 0 Å². The van der Waals surface area contributed by atoms with E-state index in [-0.39, 0.29) is 5.91 Å². The van der Waals surface area contributed by atoms with E-state index in [9.17, 15) is 9.90 Å². The average Bonchev–Trinajstić information content (AvgIpc) is 2.62. The van der Waals surface area contributed by atoms with Crippen LogP contribution in [0.5, 0.6) is 5.75 Å². The van der Waals surface area contributed by atoms with E-state index in [1.165, 1.54) is 5.56 Å². The molecule has 0 spiro atoms. The Hall–Kier alpha value is -1.63. The Morgan fingerprint density at radius 3 is 2.28 bits per heavy atom. The van der Waals surface area contributed by atoms with Crippen LogP contribution in [0.15, 0.2) is 12.1 Å². The van der Waals surface area contributed by atoms with Crippen molar-refractivity contribution in [2.24, 2.45) is 0 Å². The Balaban J connectivity index is 1.47. The third-order valence-corrected chi connectivity index (χ3v) is 5.28. The molecule has 0 aromatic heterocycles. The monoisotopic (exact) mass is 347 g/mol. The maximum absolute atomic E-state index is 12.3. The van der Waals surface area contributed by atoms with E-state index in [1.807, 2.05) is 17.9 Å². The number of carbonyl (C=O) groups excluding carboxylic acids is 1. The van der Waals surface area contributed by atoms with Gasteiger partial charge in [0.25, 0.3) is 0 Å². The summed E-state index contributed by atoms with van der Waals surface area (Å²) in [5.74, 6) is 0.594. The van der Waals surface area contributed by atoms with Gasteiger partial charge in [-0.2, -0.15) is 0 Å². The number of morpholine rings is 1. The average molecular weight is 347 g/mol. The zero-order valence-corrected chi connectivity index (χ0v) is 15.3. The number of hydrogen-bond donors (Lipinski definition) is 1. The van der Waals surface area contributed by atoms with Gasteiger partial charge in [0.1, 0.15) is 5.75 Å². The third kappa shape index (κ3) is 4.71. The van der Waals surface area contributed by atoms with Gasteiger partial charge in [0.05, 0.1) is 19.8 Å². The zero-order valence-electron chi connectivity index (χ0n) is 15.3. The van der Waals surface area contributed by atoms with E-state index in [0.717, 1.165) is 43.9 Å². The summed E-state index contributed by atoms with van der Waals surface area (Å²) in [7, 11) is 0. The van der Waals surface area contributed by atoms with Gasteiger partial charge in [0.15, 0.2) is 0 Å². The lowest BCUT2D eigenvalue weighted by Gasteiger charge is -2.36. The van der Waals surface area contributed by atoms with Gasteiger partial charge in [-0.05, 0) is 31.0 Å². The molecule has 1 N–H and O–H groups in total. The molecule has 0 aliphatic carbocycles. The second kappa shape index (κ2) is 8.17. The lowest BCUT2D eigenvalue weighted by Crippen LogP contribution is -2.51. The number of aromatic hydroxyl groups is 1. The topological polar surface area (TPSA) is 56.2 Å². The zero-order chi connectivity index (χ0) is 17.8. The van der Waals surface area contributed by atoms with Crippen LogP contribution in [0, 0.1) is 13.8 Å². The van der Waals surface area contributed by atoms with Crippen molar-refractivity contribution < 1.29 is 14.6 Å².